The molecule has 13 heavy (non-hydrogen) atoms. The van der Waals surface area contributed by atoms with Crippen LogP contribution in [-0.4, -0.2) is 33.1 Å². The third-order valence-electron chi connectivity index (χ3n) is 1.59. The number of carbonyl (C=O) groups is 1. The standard InChI is InChI=1S/C9H18N2O.ClH/c1-4-9(12)10-7-5-6-8-11(2)3;/h4H,1,5-8H2,2-3H3,(H,10,12);1H. The van der Waals surface area contributed by atoms with Crippen LogP contribution in [0.25, 0.3) is 0 Å². The Morgan fingerprint density at radius 2 is 2.08 bits per heavy atom. The third-order valence-corrected chi connectivity index (χ3v) is 1.59. The average Bonchev–Trinajstić information content (AvgIpc) is 2.03. The summed E-state index contributed by atoms with van der Waals surface area (Å²) in [6, 6.07) is 0. The van der Waals surface area contributed by atoms with E-state index in [-0.39, 0.29) is 18.3 Å². The largest absolute Gasteiger partial charge is 1.00 e. The fourth-order valence-corrected chi connectivity index (χ4v) is 0.887. The first-order valence-electron chi connectivity index (χ1n) is 4.36. The van der Waals surface area contributed by atoms with E-state index in [1.165, 1.54) is 11.0 Å². The Hall–Kier alpha value is -0.540. The normalized spacial score (nSPS) is 9.15. The maximum atomic E-state index is 10.7. The van der Waals surface area contributed by atoms with Gasteiger partial charge in [-0.1, -0.05) is 6.58 Å². The Labute approximate surface area is 86.6 Å². The van der Waals surface area contributed by atoms with Crippen LogP contribution >= 0.6 is 0 Å². The molecule has 0 unspecified atom stereocenters. The van der Waals surface area contributed by atoms with Gasteiger partial charge in [0.1, 0.15) is 0 Å². The second kappa shape index (κ2) is 9.55. The first-order chi connectivity index (χ1) is 5.66. The minimum Gasteiger partial charge on any atom is -1.00 e. The minimum atomic E-state index is -0.0767. The van der Waals surface area contributed by atoms with Crippen LogP contribution in [0, 0.1) is 0 Å². The zero-order valence-corrected chi connectivity index (χ0v) is 9.16. The summed E-state index contributed by atoms with van der Waals surface area (Å²) in [6.45, 7) is 5.29. The predicted octanol–water partition coefficient (Wildman–Crippen LogP) is -3.78. The Morgan fingerprint density at radius 1 is 1.46 bits per heavy atom. The monoisotopic (exact) mass is 206 g/mol. The van der Waals surface area contributed by atoms with Crippen LogP contribution in [0.2, 0.25) is 0 Å². The Bertz CT molecular complexity index is 149. The molecule has 0 aromatic rings. The van der Waals surface area contributed by atoms with Gasteiger partial charge in [-0.15, -0.1) is 0 Å². The van der Waals surface area contributed by atoms with Gasteiger partial charge in [-0.2, -0.15) is 0 Å². The van der Waals surface area contributed by atoms with Gasteiger partial charge >= 0.3 is 0 Å². The van der Waals surface area contributed by atoms with E-state index >= 15 is 0 Å². The van der Waals surface area contributed by atoms with Crippen molar-refractivity contribution in [3.63, 3.8) is 0 Å². The lowest BCUT2D eigenvalue weighted by Gasteiger charge is -2.06. The van der Waals surface area contributed by atoms with Gasteiger partial charge in [0.2, 0.25) is 5.91 Å². The molecule has 0 rings (SSSR count). The molecule has 2 N–H and O–H groups in total. The maximum absolute atomic E-state index is 10.7. The molecule has 4 heteroatoms. The van der Waals surface area contributed by atoms with E-state index < -0.39 is 0 Å². The van der Waals surface area contributed by atoms with Gasteiger partial charge in [0.15, 0.2) is 0 Å². The second-order valence-electron chi connectivity index (χ2n) is 3.16. The molecule has 0 fully saturated rings. The SMILES string of the molecule is C=CC(=O)NCCCC[NH+](C)C.[Cl-]. The highest BCUT2D eigenvalue weighted by molar-refractivity contribution is 5.86. The summed E-state index contributed by atoms with van der Waals surface area (Å²) in [4.78, 5) is 12.1. The first-order valence-corrected chi connectivity index (χ1v) is 4.36. The Kier molecular flexibility index (Phi) is 11.0. The summed E-state index contributed by atoms with van der Waals surface area (Å²) < 4.78 is 0. The van der Waals surface area contributed by atoms with E-state index in [2.05, 4.69) is 26.0 Å². The Balaban J connectivity index is 0. The highest BCUT2D eigenvalue weighted by atomic mass is 35.5. The zero-order chi connectivity index (χ0) is 9.40. The lowest BCUT2D eigenvalue weighted by Crippen LogP contribution is -3.05. The molecule has 0 aliphatic carbocycles. The van der Waals surface area contributed by atoms with Crippen molar-refractivity contribution < 1.29 is 22.1 Å². The summed E-state index contributed by atoms with van der Waals surface area (Å²) in [5.41, 5.74) is 0. The van der Waals surface area contributed by atoms with E-state index in [4.69, 9.17) is 0 Å². The number of carbonyl (C=O) groups excluding carboxylic acids is 1. The topological polar surface area (TPSA) is 33.5 Å². The van der Waals surface area contributed by atoms with Crippen LogP contribution < -0.4 is 22.6 Å². The van der Waals surface area contributed by atoms with Crippen LogP contribution in [0.15, 0.2) is 12.7 Å². The molecule has 0 aliphatic rings. The van der Waals surface area contributed by atoms with Gasteiger partial charge in [0, 0.05) is 6.54 Å². The van der Waals surface area contributed by atoms with Gasteiger partial charge in [0.05, 0.1) is 20.6 Å². The van der Waals surface area contributed by atoms with Crippen LogP contribution in [0.3, 0.4) is 0 Å². The molecule has 78 valence electrons. The first kappa shape index (κ1) is 15.0. The third kappa shape index (κ3) is 11.5. The summed E-state index contributed by atoms with van der Waals surface area (Å²) in [6.07, 6.45) is 3.50. The number of amides is 1. The van der Waals surface area contributed by atoms with Crippen LogP contribution in [0.1, 0.15) is 12.8 Å². The van der Waals surface area contributed by atoms with Crippen molar-refractivity contribution >= 4 is 5.91 Å². The summed E-state index contributed by atoms with van der Waals surface area (Å²) >= 11 is 0. The van der Waals surface area contributed by atoms with Gasteiger partial charge in [-0.3, -0.25) is 4.79 Å². The molecule has 0 heterocycles. The number of rotatable bonds is 6. The van der Waals surface area contributed by atoms with Crippen molar-refractivity contribution in [2.24, 2.45) is 0 Å². The zero-order valence-electron chi connectivity index (χ0n) is 8.40. The predicted molar refractivity (Wildman–Crippen MR) is 50.1 cm³/mol. The molecule has 1 amide bonds. The molecule has 0 spiro atoms. The van der Waals surface area contributed by atoms with Crippen molar-refractivity contribution in [3.05, 3.63) is 12.7 Å². The molecule has 0 saturated carbocycles. The van der Waals surface area contributed by atoms with Crippen molar-refractivity contribution in [2.75, 3.05) is 27.2 Å². The number of unbranched alkanes of at least 4 members (excludes halogenated alkanes) is 1. The molecule has 0 atom stereocenters. The number of quaternary nitrogens is 1. The van der Waals surface area contributed by atoms with E-state index in [9.17, 15) is 4.79 Å². The summed E-state index contributed by atoms with van der Waals surface area (Å²) in [5.74, 6) is -0.0767. The van der Waals surface area contributed by atoms with Gasteiger partial charge in [0.25, 0.3) is 0 Å². The maximum Gasteiger partial charge on any atom is 0.243 e. The second-order valence-corrected chi connectivity index (χ2v) is 3.16. The molecule has 0 bridgehead atoms. The molecular weight excluding hydrogens is 188 g/mol. The molecule has 0 aromatic carbocycles. The number of hydrogen-bond donors (Lipinski definition) is 2. The highest BCUT2D eigenvalue weighted by Crippen LogP contribution is 1.81. The van der Waals surface area contributed by atoms with Crippen LogP contribution in [0.5, 0.6) is 0 Å². The summed E-state index contributed by atoms with van der Waals surface area (Å²) in [7, 11) is 4.25. The van der Waals surface area contributed by atoms with E-state index in [1.807, 2.05) is 0 Å². The molecule has 3 nitrogen and oxygen atoms in total. The molecule has 0 aromatic heterocycles. The molecule has 0 radical (unpaired) electrons. The van der Waals surface area contributed by atoms with Gasteiger partial charge < -0.3 is 22.6 Å². The van der Waals surface area contributed by atoms with Crippen molar-refractivity contribution in [1.29, 1.82) is 0 Å². The molecular formula is C9H19ClN2O. The average molecular weight is 207 g/mol. The molecule has 0 aliphatic heterocycles. The lowest BCUT2D eigenvalue weighted by molar-refractivity contribution is -0.858. The fraction of sp³-hybridized carbons (Fsp3) is 0.667. The number of nitrogens with one attached hydrogen (secondary N) is 2. The smallest absolute Gasteiger partial charge is 0.243 e. The van der Waals surface area contributed by atoms with Crippen molar-refractivity contribution in [3.8, 4) is 0 Å². The van der Waals surface area contributed by atoms with Gasteiger partial charge in [-0.25, -0.2) is 0 Å². The van der Waals surface area contributed by atoms with E-state index in [0.29, 0.717) is 0 Å². The fourth-order valence-electron chi connectivity index (χ4n) is 0.887. The van der Waals surface area contributed by atoms with Crippen molar-refractivity contribution in [2.45, 2.75) is 12.8 Å². The van der Waals surface area contributed by atoms with Crippen LogP contribution in [0.4, 0.5) is 0 Å². The van der Waals surface area contributed by atoms with Gasteiger partial charge in [-0.05, 0) is 18.9 Å². The van der Waals surface area contributed by atoms with E-state index in [1.54, 1.807) is 0 Å². The summed E-state index contributed by atoms with van der Waals surface area (Å²) in [5, 5.41) is 2.74. The lowest BCUT2D eigenvalue weighted by atomic mass is 10.3. The number of halogens is 1. The van der Waals surface area contributed by atoms with Crippen molar-refractivity contribution in [1.82, 2.24) is 5.32 Å². The van der Waals surface area contributed by atoms with Crippen LogP contribution in [-0.2, 0) is 4.79 Å². The minimum absolute atomic E-state index is 0. The quantitative estimate of drug-likeness (QED) is 0.340. The van der Waals surface area contributed by atoms with E-state index in [0.717, 1.165) is 25.9 Å². The Morgan fingerprint density at radius 3 is 2.54 bits per heavy atom. The molecule has 0 saturated heterocycles. The highest BCUT2D eigenvalue weighted by Gasteiger charge is 1.95. The number of hydrogen-bond acceptors (Lipinski definition) is 1.